The lowest BCUT2D eigenvalue weighted by atomic mass is 10.1. The first-order valence-corrected chi connectivity index (χ1v) is 8.70. The van der Waals surface area contributed by atoms with Gasteiger partial charge in [-0.3, -0.25) is 10.0 Å². The van der Waals surface area contributed by atoms with E-state index in [1.54, 1.807) is 22.9 Å². The van der Waals surface area contributed by atoms with Crippen molar-refractivity contribution in [3.05, 3.63) is 48.2 Å². The minimum absolute atomic E-state index is 0.0348. The van der Waals surface area contributed by atoms with E-state index >= 15 is 0 Å². The minimum Gasteiger partial charge on any atom is -0.454 e. The minimum atomic E-state index is -0.751. The highest BCUT2D eigenvalue weighted by molar-refractivity contribution is 5.99. The van der Waals surface area contributed by atoms with E-state index in [2.05, 4.69) is 20.1 Å². The molecule has 5 aromatic rings. The maximum absolute atomic E-state index is 11.5. The molecule has 0 atom stereocenters. The van der Waals surface area contributed by atoms with Crippen molar-refractivity contribution in [2.24, 2.45) is 0 Å². The third kappa shape index (κ3) is 2.79. The first kappa shape index (κ1) is 17.6. The van der Waals surface area contributed by atoms with Gasteiger partial charge in [0, 0.05) is 5.56 Å². The molecule has 30 heavy (non-hydrogen) atoms. The standard InChI is InChI=1S/C18H14N8O4/c19-15-13-14(8-1-3-11-10(5-8)23-18(20)30-11)24-26(16(13)22-7-21-15)6-9-2-4-12(29-9)17(27)25-28/h1-5,7,28H,6H2,(H2,20,23)(H,25,27)(H2,19,21,22). The molecule has 150 valence electrons. The molecule has 0 spiro atoms. The number of amides is 1. The van der Waals surface area contributed by atoms with Gasteiger partial charge in [-0.15, -0.1) is 0 Å². The quantitative estimate of drug-likeness (QED) is 0.252. The molecule has 12 heteroatoms. The van der Waals surface area contributed by atoms with Gasteiger partial charge in [0.25, 0.3) is 6.01 Å². The topological polar surface area (TPSA) is 184 Å². The second-order valence-corrected chi connectivity index (χ2v) is 6.41. The van der Waals surface area contributed by atoms with E-state index in [4.69, 9.17) is 25.5 Å². The van der Waals surface area contributed by atoms with E-state index in [0.717, 1.165) is 5.56 Å². The third-order valence-corrected chi connectivity index (χ3v) is 4.53. The van der Waals surface area contributed by atoms with Crippen LogP contribution in [0.5, 0.6) is 0 Å². The van der Waals surface area contributed by atoms with Crippen molar-refractivity contribution in [2.75, 3.05) is 11.5 Å². The van der Waals surface area contributed by atoms with Crippen LogP contribution in [0, 0.1) is 0 Å². The van der Waals surface area contributed by atoms with Crippen LogP contribution >= 0.6 is 0 Å². The summed E-state index contributed by atoms with van der Waals surface area (Å²) in [6, 6.07) is 8.45. The van der Waals surface area contributed by atoms with Crippen molar-refractivity contribution in [2.45, 2.75) is 6.54 Å². The Kier molecular flexibility index (Phi) is 3.86. The molecule has 0 aliphatic rings. The number of fused-ring (bicyclic) bond motifs is 2. The molecule has 0 aliphatic carbocycles. The van der Waals surface area contributed by atoms with E-state index in [-0.39, 0.29) is 24.1 Å². The van der Waals surface area contributed by atoms with E-state index in [1.165, 1.54) is 17.9 Å². The summed E-state index contributed by atoms with van der Waals surface area (Å²) in [7, 11) is 0. The summed E-state index contributed by atoms with van der Waals surface area (Å²) < 4.78 is 12.4. The van der Waals surface area contributed by atoms with E-state index < -0.39 is 5.91 Å². The lowest BCUT2D eigenvalue weighted by Gasteiger charge is -2.00. The Morgan fingerprint density at radius 1 is 1.17 bits per heavy atom. The number of nitrogens with zero attached hydrogens (tertiary/aromatic N) is 5. The monoisotopic (exact) mass is 406 g/mol. The van der Waals surface area contributed by atoms with Crippen LogP contribution < -0.4 is 16.9 Å². The molecule has 0 unspecified atom stereocenters. The van der Waals surface area contributed by atoms with Gasteiger partial charge >= 0.3 is 5.91 Å². The van der Waals surface area contributed by atoms with Gasteiger partial charge in [-0.1, -0.05) is 0 Å². The van der Waals surface area contributed by atoms with Gasteiger partial charge < -0.3 is 20.3 Å². The van der Waals surface area contributed by atoms with Gasteiger partial charge in [0.2, 0.25) is 0 Å². The summed E-state index contributed by atoms with van der Waals surface area (Å²) in [5, 5.41) is 13.9. The largest absolute Gasteiger partial charge is 0.454 e. The third-order valence-electron chi connectivity index (χ3n) is 4.53. The summed E-state index contributed by atoms with van der Waals surface area (Å²) in [4.78, 5) is 24.0. The van der Waals surface area contributed by atoms with Crippen molar-refractivity contribution < 1.29 is 18.8 Å². The number of nitrogens with two attached hydrogens (primary N) is 2. The molecule has 4 aromatic heterocycles. The Bertz CT molecular complexity index is 1420. The molecule has 0 radical (unpaired) electrons. The number of nitrogen functional groups attached to an aromatic ring is 2. The van der Waals surface area contributed by atoms with Crippen molar-refractivity contribution in [1.82, 2.24) is 30.2 Å². The van der Waals surface area contributed by atoms with Gasteiger partial charge in [-0.2, -0.15) is 10.1 Å². The number of hydroxylamine groups is 1. The van der Waals surface area contributed by atoms with Crippen molar-refractivity contribution >= 4 is 39.9 Å². The Balaban J connectivity index is 1.62. The number of benzene rings is 1. The van der Waals surface area contributed by atoms with Crippen LogP contribution in [-0.2, 0) is 6.54 Å². The zero-order valence-corrected chi connectivity index (χ0v) is 15.2. The number of oxazole rings is 1. The van der Waals surface area contributed by atoms with Crippen LogP contribution in [-0.4, -0.2) is 35.8 Å². The fraction of sp³-hybridized carbons (Fsp3) is 0.0556. The molecule has 0 saturated carbocycles. The zero-order valence-electron chi connectivity index (χ0n) is 15.2. The van der Waals surface area contributed by atoms with Crippen molar-refractivity contribution in [3.63, 3.8) is 0 Å². The SMILES string of the molecule is Nc1nc2cc(-c3nn(Cc4ccc(C(=O)NO)o4)c4ncnc(N)c34)ccc2o1. The number of nitrogens with one attached hydrogen (secondary N) is 1. The van der Waals surface area contributed by atoms with Crippen LogP contribution in [0.4, 0.5) is 11.8 Å². The number of hydrogen-bond acceptors (Lipinski definition) is 10. The van der Waals surface area contributed by atoms with Crippen LogP contribution in [0.2, 0.25) is 0 Å². The van der Waals surface area contributed by atoms with Crippen LogP contribution in [0.15, 0.2) is 45.5 Å². The smallest absolute Gasteiger partial charge is 0.310 e. The average Bonchev–Trinajstić information content (AvgIpc) is 3.44. The maximum Gasteiger partial charge on any atom is 0.310 e. The number of furan rings is 1. The number of anilines is 2. The molecular weight excluding hydrogens is 392 g/mol. The molecule has 0 bridgehead atoms. The summed E-state index contributed by atoms with van der Waals surface area (Å²) in [6.45, 7) is 0.171. The predicted molar refractivity (Wildman–Crippen MR) is 104 cm³/mol. The van der Waals surface area contributed by atoms with Gasteiger partial charge in [0.1, 0.15) is 35.7 Å². The van der Waals surface area contributed by atoms with E-state index in [0.29, 0.717) is 33.6 Å². The molecule has 1 amide bonds. The van der Waals surface area contributed by atoms with Crippen molar-refractivity contribution in [1.29, 1.82) is 0 Å². The normalized spacial score (nSPS) is 11.4. The zero-order chi connectivity index (χ0) is 20.8. The lowest BCUT2D eigenvalue weighted by molar-refractivity contribution is 0.0674. The first-order valence-electron chi connectivity index (χ1n) is 8.70. The number of rotatable bonds is 4. The van der Waals surface area contributed by atoms with Gasteiger partial charge in [0.05, 0.1) is 5.39 Å². The van der Waals surface area contributed by atoms with Gasteiger partial charge in [-0.25, -0.2) is 20.1 Å². The summed E-state index contributed by atoms with van der Waals surface area (Å²) in [5.41, 5.74) is 16.2. The lowest BCUT2D eigenvalue weighted by Crippen LogP contribution is -2.17. The molecule has 12 nitrogen and oxygen atoms in total. The number of hydrogen-bond donors (Lipinski definition) is 4. The second-order valence-electron chi connectivity index (χ2n) is 6.41. The molecular formula is C18H14N8O4. The number of carbonyl (C=O) groups excluding carboxylic acids is 1. The van der Waals surface area contributed by atoms with Crippen LogP contribution in [0.3, 0.4) is 0 Å². The fourth-order valence-electron chi connectivity index (χ4n) is 3.22. The average molecular weight is 406 g/mol. The fourth-order valence-corrected chi connectivity index (χ4v) is 3.22. The first-order chi connectivity index (χ1) is 14.5. The van der Waals surface area contributed by atoms with E-state index in [1.807, 2.05) is 6.07 Å². The summed E-state index contributed by atoms with van der Waals surface area (Å²) in [6.07, 6.45) is 1.34. The Morgan fingerprint density at radius 2 is 2.03 bits per heavy atom. The maximum atomic E-state index is 11.5. The highest BCUT2D eigenvalue weighted by Crippen LogP contribution is 2.32. The predicted octanol–water partition coefficient (Wildman–Crippen LogP) is 1.56. The molecule has 0 fully saturated rings. The number of aromatic nitrogens is 5. The van der Waals surface area contributed by atoms with Crippen LogP contribution in [0.25, 0.3) is 33.4 Å². The molecule has 0 saturated heterocycles. The second kappa shape index (κ2) is 6.56. The molecule has 5 rings (SSSR count). The molecule has 4 heterocycles. The highest BCUT2D eigenvalue weighted by atomic mass is 16.5. The molecule has 1 aromatic carbocycles. The van der Waals surface area contributed by atoms with E-state index in [9.17, 15) is 4.79 Å². The molecule has 6 N–H and O–H groups in total. The van der Waals surface area contributed by atoms with Gasteiger partial charge in [-0.05, 0) is 30.3 Å². The highest BCUT2D eigenvalue weighted by Gasteiger charge is 2.19. The summed E-state index contributed by atoms with van der Waals surface area (Å²) in [5.74, 6) is -0.0892. The number of carbonyl (C=O) groups is 1. The van der Waals surface area contributed by atoms with Crippen LogP contribution in [0.1, 0.15) is 16.3 Å². The Labute approximate surface area is 167 Å². The summed E-state index contributed by atoms with van der Waals surface area (Å²) >= 11 is 0. The molecule has 0 aliphatic heterocycles. The Hall–Kier alpha value is -4.45. The Morgan fingerprint density at radius 3 is 2.87 bits per heavy atom. The van der Waals surface area contributed by atoms with Crippen molar-refractivity contribution in [3.8, 4) is 11.3 Å². The van der Waals surface area contributed by atoms with Gasteiger partial charge in [0.15, 0.2) is 17.0 Å².